The number of hydrogen-bond acceptors (Lipinski definition) is 3. The fourth-order valence-electron chi connectivity index (χ4n) is 2.87. The van der Waals surface area contributed by atoms with Gasteiger partial charge in [-0.1, -0.05) is 49.0 Å². The van der Waals surface area contributed by atoms with Crippen molar-refractivity contribution in [2.24, 2.45) is 0 Å². The fraction of sp³-hybridized carbons (Fsp3) is 0.238. The van der Waals surface area contributed by atoms with Crippen LogP contribution >= 0.6 is 11.8 Å². The van der Waals surface area contributed by atoms with Crippen LogP contribution in [0.4, 0.5) is 0 Å². The monoisotopic (exact) mass is 365 g/mol. The van der Waals surface area contributed by atoms with Crippen molar-refractivity contribution in [1.29, 1.82) is 0 Å². The lowest BCUT2D eigenvalue weighted by Crippen LogP contribution is -2.26. The van der Waals surface area contributed by atoms with E-state index in [2.05, 4.69) is 36.2 Å². The highest BCUT2D eigenvalue weighted by Gasteiger charge is 2.14. The van der Waals surface area contributed by atoms with Gasteiger partial charge >= 0.3 is 0 Å². The minimum Gasteiger partial charge on any atom is -0.337 e. The van der Waals surface area contributed by atoms with E-state index < -0.39 is 0 Å². The second-order valence-corrected chi connectivity index (χ2v) is 6.94. The Labute approximate surface area is 158 Å². The SMILES string of the molecule is CCc1ccc(CN(C)C(=O)c2cccc(-n3ccnc3SC)c2)cc1. The van der Waals surface area contributed by atoms with Crippen LogP contribution in [0.1, 0.15) is 28.4 Å². The van der Waals surface area contributed by atoms with Crippen molar-refractivity contribution >= 4 is 17.7 Å². The first-order valence-electron chi connectivity index (χ1n) is 8.63. The fourth-order valence-corrected chi connectivity index (χ4v) is 3.40. The molecule has 3 aromatic rings. The van der Waals surface area contributed by atoms with Gasteiger partial charge in [-0.2, -0.15) is 0 Å². The summed E-state index contributed by atoms with van der Waals surface area (Å²) in [4.78, 5) is 18.9. The van der Waals surface area contributed by atoms with Gasteiger partial charge < -0.3 is 4.90 Å². The summed E-state index contributed by atoms with van der Waals surface area (Å²) >= 11 is 1.58. The third kappa shape index (κ3) is 3.99. The predicted molar refractivity (Wildman–Crippen MR) is 107 cm³/mol. The van der Waals surface area contributed by atoms with Crippen LogP contribution in [-0.4, -0.2) is 33.7 Å². The second kappa shape index (κ2) is 8.23. The van der Waals surface area contributed by atoms with Crippen LogP contribution in [0.15, 0.2) is 66.1 Å². The Morgan fingerprint density at radius 1 is 1.15 bits per heavy atom. The molecule has 0 saturated heterocycles. The van der Waals surface area contributed by atoms with E-state index in [0.29, 0.717) is 12.1 Å². The van der Waals surface area contributed by atoms with E-state index in [1.807, 2.05) is 48.3 Å². The van der Waals surface area contributed by atoms with Crippen LogP contribution in [0, 0.1) is 0 Å². The zero-order chi connectivity index (χ0) is 18.5. The van der Waals surface area contributed by atoms with Crippen molar-refractivity contribution in [3.63, 3.8) is 0 Å². The lowest BCUT2D eigenvalue weighted by Gasteiger charge is -2.18. The minimum absolute atomic E-state index is 0.0113. The average molecular weight is 366 g/mol. The Bertz CT molecular complexity index is 886. The zero-order valence-corrected chi connectivity index (χ0v) is 16.2. The van der Waals surface area contributed by atoms with Crippen LogP contribution in [0.25, 0.3) is 5.69 Å². The van der Waals surface area contributed by atoms with Gasteiger partial charge in [0.25, 0.3) is 5.91 Å². The second-order valence-electron chi connectivity index (χ2n) is 6.17. The molecule has 0 atom stereocenters. The summed E-state index contributed by atoms with van der Waals surface area (Å²) in [5.41, 5.74) is 4.06. The van der Waals surface area contributed by atoms with Gasteiger partial charge in [-0.05, 0) is 42.0 Å². The molecule has 134 valence electrons. The number of carbonyl (C=O) groups is 1. The lowest BCUT2D eigenvalue weighted by molar-refractivity contribution is 0.0785. The Hall–Kier alpha value is -2.53. The molecule has 4 nitrogen and oxygen atoms in total. The summed E-state index contributed by atoms with van der Waals surface area (Å²) in [6.07, 6.45) is 6.69. The number of hydrogen-bond donors (Lipinski definition) is 0. The number of aryl methyl sites for hydroxylation is 1. The molecule has 0 aliphatic heterocycles. The average Bonchev–Trinajstić information content (AvgIpc) is 3.17. The van der Waals surface area contributed by atoms with Gasteiger partial charge in [0, 0.05) is 37.2 Å². The third-order valence-corrected chi connectivity index (χ3v) is 5.03. The largest absolute Gasteiger partial charge is 0.337 e. The van der Waals surface area contributed by atoms with Crippen molar-refractivity contribution in [3.8, 4) is 5.69 Å². The Balaban J connectivity index is 1.77. The Morgan fingerprint density at radius 2 is 1.88 bits per heavy atom. The van der Waals surface area contributed by atoms with Crippen LogP contribution in [0.5, 0.6) is 0 Å². The molecular formula is C21H23N3OS. The van der Waals surface area contributed by atoms with E-state index >= 15 is 0 Å². The highest BCUT2D eigenvalue weighted by Crippen LogP contribution is 2.20. The molecule has 0 N–H and O–H groups in total. The number of carbonyl (C=O) groups excluding carboxylic acids is 1. The van der Waals surface area contributed by atoms with Gasteiger partial charge in [0.15, 0.2) is 5.16 Å². The van der Waals surface area contributed by atoms with E-state index in [0.717, 1.165) is 22.8 Å². The molecule has 0 bridgehead atoms. The molecule has 26 heavy (non-hydrogen) atoms. The van der Waals surface area contributed by atoms with Crippen LogP contribution in [0.3, 0.4) is 0 Å². The third-order valence-electron chi connectivity index (χ3n) is 4.36. The number of aromatic nitrogens is 2. The number of amides is 1. The summed E-state index contributed by atoms with van der Waals surface area (Å²) < 4.78 is 1.99. The van der Waals surface area contributed by atoms with Crippen molar-refractivity contribution < 1.29 is 4.79 Å². The van der Waals surface area contributed by atoms with E-state index in [1.165, 1.54) is 5.56 Å². The Kier molecular flexibility index (Phi) is 5.78. The first kappa shape index (κ1) is 18.3. The predicted octanol–water partition coefficient (Wildman–Crippen LogP) is 4.43. The molecule has 3 rings (SSSR count). The van der Waals surface area contributed by atoms with Gasteiger partial charge in [0.2, 0.25) is 0 Å². The number of nitrogens with zero attached hydrogens (tertiary/aromatic N) is 3. The molecule has 0 saturated carbocycles. The topological polar surface area (TPSA) is 38.1 Å². The lowest BCUT2D eigenvalue weighted by atomic mass is 10.1. The quantitative estimate of drug-likeness (QED) is 0.607. The standard InChI is InChI=1S/C21H23N3OS/c1-4-16-8-10-17(11-9-16)15-23(2)20(25)18-6-5-7-19(14-18)24-13-12-22-21(24)26-3/h5-14H,4,15H2,1-3H3. The molecule has 2 aromatic carbocycles. The molecule has 1 heterocycles. The maximum absolute atomic E-state index is 12.8. The van der Waals surface area contributed by atoms with E-state index in [9.17, 15) is 4.79 Å². The number of thioether (sulfide) groups is 1. The van der Waals surface area contributed by atoms with Gasteiger partial charge in [0.1, 0.15) is 0 Å². The van der Waals surface area contributed by atoms with Gasteiger partial charge in [-0.3, -0.25) is 9.36 Å². The van der Waals surface area contributed by atoms with Crippen LogP contribution < -0.4 is 0 Å². The maximum Gasteiger partial charge on any atom is 0.253 e. The van der Waals surface area contributed by atoms with E-state index in [-0.39, 0.29) is 5.91 Å². The highest BCUT2D eigenvalue weighted by atomic mass is 32.2. The zero-order valence-electron chi connectivity index (χ0n) is 15.3. The molecule has 0 fully saturated rings. The van der Waals surface area contributed by atoms with Gasteiger partial charge in [-0.15, -0.1) is 0 Å². The molecular weight excluding hydrogens is 342 g/mol. The molecule has 5 heteroatoms. The number of imidazole rings is 1. The normalized spacial score (nSPS) is 10.7. The van der Waals surface area contributed by atoms with E-state index in [4.69, 9.17) is 0 Å². The van der Waals surface area contributed by atoms with Crippen molar-refractivity contribution in [1.82, 2.24) is 14.5 Å². The van der Waals surface area contributed by atoms with Crippen molar-refractivity contribution in [2.75, 3.05) is 13.3 Å². The van der Waals surface area contributed by atoms with Gasteiger partial charge in [0.05, 0.1) is 0 Å². The number of benzene rings is 2. The summed E-state index contributed by atoms with van der Waals surface area (Å²) in [6, 6.07) is 16.1. The molecule has 1 amide bonds. The first-order valence-corrected chi connectivity index (χ1v) is 9.86. The Morgan fingerprint density at radius 3 is 2.58 bits per heavy atom. The summed E-state index contributed by atoms with van der Waals surface area (Å²) in [5, 5.41) is 0.902. The minimum atomic E-state index is 0.0113. The van der Waals surface area contributed by atoms with Crippen LogP contribution in [0.2, 0.25) is 0 Å². The highest BCUT2D eigenvalue weighted by molar-refractivity contribution is 7.98. The smallest absolute Gasteiger partial charge is 0.253 e. The molecule has 0 aliphatic rings. The summed E-state index contributed by atoms with van der Waals surface area (Å²) in [5.74, 6) is 0.0113. The van der Waals surface area contributed by atoms with Crippen molar-refractivity contribution in [3.05, 3.63) is 77.6 Å². The van der Waals surface area contributed by atoms with Crippen molar-refractivity contribution in [2.45, 2.75) is 25.0 Å². The molecule has 0 spiro atoms. The molecule has 1 aromatic heterocycles. The maximum atomic E-state index is 12.8. The van der Waals surface area contributed by atoms with E-state index in [1.54, 1.807) is 22.9 Å². The number of rotatable bonds is 6. The first-order chi connectivity index (χ1) is 12.6. The molecule has 0 aliphatic carbocycles. The summed E-state index contributed by atoms with van der Waals surface area (Å²) in [7, 11) is 1.84. The molecule has 0 unspecified atom stereocenters. The van der Waals surface area contributed by atoms with Gasteiger partial charge in [-0.25, -0.2) is 4.98 Å². The summed E-state index contributed by atoms with van der Waals surface area (Å²) in [6.45, 7) is 2.73. The molecule has 0 radical (unpaired) electrons. The van der Waals surface area contributed by atoms with Crippen LogP contribution in [-0.2, 0) is 13.0 Å².